The zero-order valence-electron chi connectivity index (χ0n) is 11.7. The highest BCUT2D eigenvalue weighted by molar-refractivity contribution is 5.94. The summed E-state index contributed by atoms with van der Waals surface area (Å²) in [5.74, 6) is 1.02. The predicted molar refractivity (Wildman–Crippen MR) is 74.4 cm³/mol. The number of nitrogens with zero attached hydrogens (tertiary/aromatic N) is 2. The first-order valence-electron chi connectivity index (χ1n) is 6.46. The van der Waals surface area contributed by atoms with E-state index in [0.29, 0.717) is 17.3 Å². The molecule has 18 heavy (non-hydrogen) atoms. The molecule has 0 bridgehead atoms. The van der Waals surface area contributed by atoms with Crippen LogP contribution in [0.3, 0.4) is 0 Å². The van der Waals surface area contributed by atoms with Crippen molar-refractivity contribution < 1.29 is 4.79 Å². The second-order valence-corrected chi connectivity index (χ2v) is 5.03. The summed E-state index contributed by atoms with van der Waals surface area (Å²) in [4.78, 5) is 18.1. The number of aromatic nitrogens is 1. The van der Waals surface area contributed by atoms with Gasteiger partial charge in [-0.05, 0) is 30.9 Å². The average Bonchev–Trinajstić information content (AvgIpc) is 2.34. The van der Waals surface area contributed by atoms with Crippen LogP contribution in [-0.2, 0) is 6.42 Å². The highest BCUT2D eigenvalue weighted by Crippen LogP contribution is 2.11. The molecule has 0 spiro atoms. The van der Waals surface area contributed by atoms with Crippen LogP contribution in [0.2, 0.25) is 0 Å². The van der Waals surface area contributed by atoms with Crippen LogP contribution in [0, 0.1) is 5.92 Å². The van der Waals surface area contributed by atoms with Gasteiger partial charge < -0.3 is 10.6 Å². The number of anilines is 1. The molecule has 0 aliphatic carbocycles. The summed E-state index contributed by atoms with van der Waals surface area (Å²) in [5.41, 5.74) is 7.20. The highest BCUT2D eigenvalue weighted by Gasteiger charge is 2.13. The van der Waals surface area contributed by atoms with Gasteiger partial charge in [0.05, 0.1) is 0 Å². The molecular weight excluding hydrogens is 226 g/mol. The number of hydrogen-bond donors (Lipinski definition) is 1. The van der Waals surface area contributed by atoms with Crippen LogP contribution in [0.4, 0.5) is 5.82 Å². The van der Waals surface area contributed by atoms with Gasteiger partial charge in [0.2, 0.25) is 0 Å². The van der Waals surface area contributed by atoms with Crippen molar-refractivity contribution >= 4 is 11.7 Å². The number of carbonyl (C=O) groups is 1. The zero-order chi connectivity index (χ0) is 13.7. The number of rotatable bonds is 5. The summed E-state index contributed by atoms with van der Waals surface area (Å²) in [6.45, 7) is 7.06. The van der Waals surface area contributed by atoms with Crippen LogP contribution >= 0.6 is 0 Å². The fourth-order valence-electron chi connectivity index (χ4n) is 1.69. The number of nitrogen functional groups attached to an aromatic ring is 1. The predicted octanol–water partition coefficient (Wildman–Crippen LogP) is 2.34. The van der Waals surface area contributed by atoms with Crippen molar-refractivity contribution in [1.29, 1.82) is 0 Å². The molecule has 1 heterocycles. The Morgan fingerprint density at radius 3 is 2.67 bits per heavy atom. The van der Waals surface area contributed by atoms with Gasteiger partial charge in [-0.15, -0.1) is 0 Å². The van der Waals surface area contributed by atoms with Crippen molar-refractivity contribution in [1.82, 2.24) is 9.88 Å². The molecule has 1 amide bonds. The third-order valence-electron chi connectivity index (χ3n) is 2.90. The lowest BCUT2D eigenvalue weighted by Gasteiger charge is -2.18. The van der Waals surface area contributed by atoms with Crippen molar-refractivity contribution in [3.05, 3.63) is 23.4 Å². The topological polar surface area (TPSA) is 59.2 Å². The number of pyridine rings is 1. The Kier molecular flexibility index (Phi) is 5.13. The number of aryl methyl sites for hydroxylation is 1. The third kappa shape index (κ3) is 4.02. The monoisotopic (exact) mass is 249 g/mol. The molecule has 0 fully saturated rings. The van der Waals surface area contributed by atoms with E-state index in [2.05, 4.69) is 18.8 Å². The fourth-order valence-corrected chi connectivity index (χ4v) is 1.69. The van der Waals surface area contributed by atoms with Gasteiger partial charge in [0.25, 0.3) is 5.91 Å². The maximum absolute atomic E-state index is 12.2. The van der Waals surface area contributed by atoms with Gasteiger partial charge in [-0.3, -0.25) is 4.79 Å². The van der Waals surface area contributed by atoms with Crippen LogP contribution in [0.25, 0.3) is 0 Å². The molecule has 0 radical (unpaired) electrons. The molecule has 0 saturated carbocycles. The van der Waals surface area contributed by atoms with Crippen LogP contribution in [0.5, 0.6) is 0 Å². The maximum atomic E-state index is 12.2. The van der Waals surface area contributed by atoms with E-state index in [1.54, 1.807) is 11.0 Å². The molecule has 4 heteroatoms. The summed E-state index contributed by atoms with van der Waals surface area (Å²) < 4.78 is 0. The summed E-state index contributed by atoms with van der Waals surface area (Å²) in [7, 11) is 1.83. The van der Waals surface area contributed by atoms with E-state index in [1.165, 1.54) is 0 Å². The van der Waals surface area contributed by atoms with Crippen molar-refractivity contribution in [2.24, 2.45) is 5.92 Å². The van der Waals surface area contributed by atoms with E-state index >= 15 is 0 Å². The molecule has 1 rings (SSSR count). The fraction of sp³-hybridized carbons (Fsp3) is 0.571. The molecule has 1 aromatic heterocycles. The van der Waals surface area contributed by atoms with Crippen molar-refractivity contribution in [2.75, 3.05) is 19.3 Å². The Bertz CT molecular complexity index is 416. The SMILES string of the molecule is CCc1cc(C(=O)N(C)CCC(C)C)cc(N)n1. The van der Waals surface area contributed by atoms with Crippen molar-refractivity contribution in [3.8, 4) is 0 Å². The Labute approximate surface area is 109 Å². The van der Waals surface area contributed by atoms with Gasteiger partial charge in [-0.2, -0.15) is 0 Å². The Morgan fingerprint density at radius 1 is 1.44 bits per heavy atom. The third-order valence-corrected chi connectivity index (χ3v) is 2.90. The molecule has 1 aromatic rings. The second kappa shape index (κ2) is 6.38. The number of hydrogen-bond acceptors (Lipinski definition) is 3. The largest absolute Gasteiger partial charge is 0.384 e. The first-order valence-corrected chi connectivity index (χ1v) is 6.46. The minimum atomic E-state index is 0.0134. The molecule has 0 aromatic carbocycles. The van der Waals surface area contributed by atoms with Gasteiger partial charge in [0.15, 0.2) is 0 Å². The Hall–Kier alpha value is -1.58. The van der Waals surface area contributed by atoms with E-state index in [-0.39, 0.29) is 5.91 Å². The molecule has 100 valence electrons. The van der Waals surface area contributed by atoms with Gasteiger partial charge >= 0.3 is 0 Å². The molecule has 4 nitrogen and oxygen atoms in total. The molecule has 2 N–H and O–H groups in total. The minimum Gasteiger partial charge on any atom is -0.384 e. The Balaban J connectivity index is 2.79. The number of amides is 1. The molecule has 0 aliphatic rings. The first-order chi connectivity index (χ1) is 8.43. The quantitative estimate of drug-likeness (QED) is 0.871. The van der Waals surface area contributed by atoms with Gasteiger partial charge in [0, 0.05) is 24.8 Å². The molecular formula is C14H23N3O. The van der Waals surface area contributed by atoms with E-state index in [4.69, 9.17) is 5.73 Å². The second-order valence-electron chi connectivity index (χ2n) is 5.03. The molecule has 0 atom stereocenters. The average molecular weight is 249 g/mol. The molecule has 0 saturated heterocycles. The lowest BCUT2D eigenvalue weighted by atomic mass is 10.1. The highest BCUT2D eigenvalue weighted by atomic mass is 16.2. The van der Waals surface area contributed by atoms with Gasteiger partial charge in [-0.1, -0.05) is 20.8 Å². The van der Waals surface area contributed by atoms with Crippen LogP contribution in [-0.4, -0.2) is 29.4 Å². The minimum absolute atomic E-state index is 0.0134. The van der Waals surface area contributed by atoms with Crippen molar-refractivity contribution in [2.45, 2.75) is 33.6 Å². The number of carbonyl (C=O) groups excluding carboxylic acids is 1. The lowest BCUT2D eigenvalue weighted by Crippen LogP contribution is -2.28. The summed E-state index contributed by atoms with van der Waals surface area (Å²) in [6, 6.07) is 3.47. The molecule has 0 aliphatic heterocycles. The van der Waals surface area contributed by atoms with E-state index < -0.39 is 0 Å². The van der Waals surface area contributed by atoms with Crippen LogP contribution < -0.4 is 5.73 Å². The Morgan fingerprint density at radius 2 is 2.11 bits per heavy atom. The summed E-state index contributed by atoms with van der Waals surface area (Å²) in [5, 5.41) is 0. The van der Waals surface area contributed by atoms with Gasteiger partial charge in [0.1, 0.15) is 5.82 Å². The van der Waals surface area contributed by atoms with Crippen molar-refractivity contribution in [3.63, 3.8) is 0 Å². The molecule has 0 unspecified atom stereocenters. The van der Waals surface area contributed by atoms with Crippen LogP contribution in [0.15, 0.2) is 12.1 Å². The van der Waals surface area contributed by atoms with E-state index in [1.807, 2.05) is 20.0 Å². The smallest absolute Gasteiger partial charge is 0.253 e. The summed E-state index contributed by atoms with van der Waals surface area (Å²) in [6.07, 6.45) is 1.78. The van der Waals surface area contributed by atoms with Crippen LogP contribution in [0.1, 0.15) is 43.2 Å². The number of nitrogens with two attached hydrogens (primary N) is 1. The first kappa shape index (κ1) is 14.5. The lowest BCUT2D eigenvalue weighted by molar-refractivity contribution is 0.0789. The van der Waals surface area contributed by atoms with E-state index in [9.17, 15) is 4.79 Å². The van der Waals surface area contributed by atoms with Gasteiger partial charge in [-0.25, -0.2) is 4.98 Å². The standard InChI is InChI=1S/C14H23N3O/c1-5-12-8-11(9-13(15)16-12)14(18)17(4)7-6-10(2)3/h8-10H,5-7H2,1-4H3,(H2,15,16). The summed E-state index contributed by atoms with van der Waals surface area (Å²) >= 11 is 0. The maximum Gasteiger partial charge on any atom is 0.253 e. The normalized spacial score (nSPS) is 10.7. The zero-order valence-corrected chi connectivity index (χ0v) is 11.7. The van der Waals surface area contributed by atoms with E-state index in [0.717, 1.165) is 25.1 Å².